The maximum atomic E-state index is 11.2. The Balaban J connectivity index is 2.74. The number of aromatic hydroxyl groups is 1. The van der Waals surface area contributed by atoms with Gasteiger partial charge in [-0.05, 0) is 30.5 Å². The summed E-state index contributed by atoms with van der Waals surface area (Å²) in [5, 5.41) is 10.6. The molecular formula is C13H14O3. The van der Waals surface area contributed by atoms with Crippen molar-refractivity contribution < 1.29 is 9.52 Å². The highest BCUT2D eigenvalue weighted by molar-refractivity contribution is 5.82. The minimum atomic E-state index is -0.382. The van der Waals surface area contributed by atoms with Crippen molar-refractivity contribution in [2.75, 3.05) is 0 Å². The minimum absolute atomic E-state index is 0.197. The van der Waals surface area contributed by atoms with Crippen LogP contribution in [0.15, 0.2) is 27.4 Å². The van der Waals surface area contributed by atoms with Gasteiger partial charge in [-0.25, -0.2) is 4.79 Å². The summed E-state index contributed by atoms with van der Waals surface area (Å²) < 4.78 is 5.04. The lowest BCUT2D eigenvalue weighted by Gasteiger charge is -2.06. The Bertz CT molecular complexity index is 581. The summed E-state index contributed by atoms with van der Waals surface area (Å²) in [5.41, 5.74) is 1.84. The van der Waals surface area contributed by atoms with E-state index in [2.05, 4.69) is 6.92 Å². The molecule has 0 unspecified atom stereocenters. The Morgan fingerprint density at radius 1 is 1.31 bits per heavy atom. The fourth-order valence-corrected chi connectivity index (χ4v) is 1.87. The van der Waals surface area contributed by atoms with E-state index in [1.165, 1.54) is 12.1 Å². The highest BCUT2D eigenvalue weighted by atomic mass is 16.4. The number of rotatable bonds is 2. The highest BCUT2D eigenvalue weighted by Crippen LogP contribution is 2.26. The molecule has 0 saturated heterocycles. The summed E-state index contributed by atoms with van der Waals surface area (Å²) in [5.74, 6) is 0.197. The number of phenolic OH excluding ortho intramolecular Hbond substituents is 1. The first-order valence-corrected chi connectivity index (χ1v) is 5.38. The molecule has 1 N–H and O–H groups in total. The SMILES string of the molecule is CCCc1cc2c(C)cc(=O)oc2cc1O. The zero-order valence-electron chi connectivity index (χ0n) is 9.41. The average Bonchev–Trinajstić information content (AvgIpc) is 2.20. The summed E-state index contributed by atoms with van der Waals surface area (Å²) in [6.07, 6.45) is 1.79. The standard InChI is InChI=1S/C13H14O3/c1-3-4-9-6-10-8(2)5-13(15)16-12(10)7-11(9)14/h5-7,14H,3-4H2,1-2H3. The second kappa shape index (κ2) is 4.00. The summed E-state index contributed by atoms with van der Waals surface area (Å²) in [6.45, 7) is 3.92. The van der Waals surface area contributed by atoms with Crippen LogP contribution in [0.4, 0.5) is 0 Å². The van der Waals surface area contributed by atoms with E-state index in [0.717, 1.165) is 29.4 Å². The van der Waals surface area contributed by atoms with E-state index >= 15 is 0 Å². The summed E-state index contributed by atoms with van der Waals surface area (Å²) >= 11 is 0. The Morgan fingerprint density at radius 2 is 2.06 bits per heavy atom. The zero-order valence-corrected chi connectivity index (χ0v) is 9.41. The molecule has 16 heavy (non-hydrogen) atoms. The molecule has 84 valence electrons. The topological polar surface area (TPSA) is 50.4 Å². The van der Waals surface area contributed by atoms with Crippen molar-refractivity contribution in [2.45, 2.75) is 26.7 Å². The number of phenols is 1. The Morgan fingerprint density at radius 3 is 2.75 bits per heavy atom. The Kier molecular flexibility index (Phi) is 2.69. The molecule has 0 amide bonds. The molecular weight excluding hydrogens is 204 g/mol. The van der Waals surface area contributed by atoms with Crippen LogP contribution in [0.5, 0.6) is 5.75 Å². The molecule has 0 aliphatic rings. The first-order valence-electron chi connectivity index (χ1n) is 5.38. The van der Waals surface area contributed by atoms with Crippen LogP contribution in [0, 0.1) is 6.92 Å². The molecule has 3 nitrogen and oxygen atoms in total. The van der Waals surface area contributed by atoms with Gasteiger partial charge in [-0.2, -0.15) is 0 Å². The van der Waals surface area contributed by atoms with Crippen molar-refractivity contribution >= 4 is 11.0 Å². The van der Waals surface area contributed by atoms with Crippen LogP contribution in [-0.4, -0.2) is 5.11 Å². The lowest BCUT2D eigenvalue weighted by Crippen LogP contribution is -1.98. The molecule has 0 bridgehead atoms. The van der Waals surface area contributed by atoms with Crippen molar-refractivity contribution in [3.05, 3.63) is 39.7 Å². The molecule has 1 aromatic heterocycles. The van der Waals surface area contributed by atoms with Gasteiger partial charge >= 0.3 is 5.63 Å². The van der Waals surface area contributed by atoms with E-state index in [9.17, 15) is 9.90 Å². The van der Waals surface area contributed by atoms with Crippen LogP contribution in [0.3, 0.4) is 0 Å². The number of fused-ring (bicyclic) bond motifs is 1. The average molecular weight is 218 g/mol. The second-order valence-electron chi connectivity index (χ2n) is 3.98. The summed E-state index contributed by atoms with van der Waals surface area (Å²) in [6, 6.07) is 4.89. The van der Waals surface area contributed by atoms with Gasteiger partial charge in [0.05, 0.1) is 0 Å². The van der Waals surface area contributed by atoms with E-state index < -0.39 is 0 Å². The molecule has 3 heteroatoms. The molecule has 0 radical (unpaired) electrons. The lowest BCUT2D eigenvalue weighted by molar-refractivity contribution is 0.465. The van der Waals surface area contributed by atoms with E-state index in [1.807, 2.05) is 13.0 Å². The van der Waals surface area contributed by atoms with Gasteiger partial charge in [-0.3, -0.25) is 0 Å². The molecule has 0 aliphatic carbocycles. The van der Waals surface area contributed by atoms with Gasteiger partial charge in [-0.15, -0.1) is 0 Å². The van der Waals surface area contributed by atoms with Gasteiger partial charge in [0.1, 0.15) is 11.3 Å². The fourth-order valence-electron chi connectivity index (χ4n) is 1.87. The highest BCUT2D eigenvalue weighted by Gasteiger charge is 2.07. The first kappa shape index (κ1) is 10.7. The van der Waals surface area contributed by atoms with Crippen LogP contribution in [0.2, 0.25) is 0 Å². The van der Waals surface area contributed by atoms with Crippen LogP contribution < -0.4 is 5.63 Å². The van der Waals surface area contributed by atoms with Gasteiger partial charge in [0.2, 0.25) is 0 Å². The quantitative estimate of drug-likeness (QED) is 0.788. The van der Waals surface area contributed by atoms with Crippen LogP contribution in [0.1, 0.15) is 24.5 Å². The third-order valence-corrected chi connectivity index (χ3v) is 2.67. The molecule has 1 aromatic carbocycles. The zero-order chi connectivity index (χ0) is 11.7. The molecule has 0 atom stereocenters. The normalized spacial score (nSPS) is 10.9. The van der Waals surface area contributed by atoms with E-state index in [4.69, 9.17) is 4.42 Å². The molecule has 2 rings (SSSR count). The number of benzene rings is 1. The molecule has 1 heterocycles. The monoisotopic (exact) mass is 218 g/mol. The van der Waals surface area contributed by atoms with Gasteiger partial charge in [-0.1, -0.05) is 13.3 Å². The molecule has 2 aromatic rings. The first-order chi connectivity index (χ1) is 7.61. The van der Waals surface area contributed by atoms with Crippen molar-refractivity contribution in [3.63, 3.8) is 0 Å². The van der Waals surface area contributed by atoms with Gasteiger partial charge in [0.25, 0.3) is 0 Å². The minimum Gasteiger partial charge on any atom is -0.508 e. The maximum Gasteiger partial charge on any atom is 0.336 e. The molecule has 0 aliphatic heterocycles. The van der Waals surface area contributed by atoms with Gasteiger partial charge < -0.3 is 9.52 Å². The number of hydrogen-bond acceptors (Lipinski definition) is 3. The van der Waals surface area contributed by atoms with Crippen LogP contribution >= 0.6 is 0 Å². The molecule has 0 saturated carbocycles. The summed E-state index contributed by atoms with van der Waals surface area (Å²) in [4.78, 5) is 11.2. The Hall–Kier alpha value is -1.77. The third-order valence-electron chi connectivity index (χ3n) is 2.67. The van der Waals surface area contributed by atoms with Crippen molar-refractivity contribution in [3.8, 4) is 5.75 Å². The van der Waals surface area contributed by atoms with E-state index in [-0.39, 0.29) is 11.4 Å². The molecule has 0 fully saturated rings. The number of hydrogen-bond donors (Lipinski definition) is 1. The largest absolute Gasteiger partial charge is 0.508 e. The number of aryl methyl sites for hydroxylation is 2. The van der Waals surface area contributed by atoms with Crippen molar-refractivity contribution in [2.24, 2.45) is 0 Å². The molecule has 0 spiro atoms. The smallest absolute Gasteiger partial charge is 0.336 e. The second-order valence-corrected chi connectivity index (χ2v) is 3.98. The fraction of sp³-hybridized carbons (Fsp3) is 0.308. The van der Waals surface area contributed by atoms with Gasteiger partial charge in [0, 0.05) is 17.5 Å². The third kappa shape index (κ3) is 1.81. The summed E-state index contributed by atoms with van der Waals surface area (Å²) in [7, 11) is 0. The predicted molar refractivity (Wildman–Crippen MR) is 62.9 cm³/mol. The van der Waals surface area contributed by atoms with Crippen LogP contribution in [0.25, 0.3) is 11.0 Å². The van der Waals surface area contributed by atoms with Crippen LogP contribution in [-0.2, 0) is 6.42 Å². The predicted octanol–water partition coefficient (Wildman–Crippen LogP) is 2.76. The van der Waals surface area contributed by atoms with Crippen molar-refractivity contribution in [1.29, 1.82) is 0 Å². The van der Waals surface area contributed by atoms with E-state index in [1.54, 1.807) is 0 Å². The van der Waals surface area contributed by atoms with Gasteiger partial charge in [0.15, 0.2) is 0 Å². The maximum absolute atomic E-state index is 11.2. The Labute approximate surface area is 93.3 Å². The van der Waals surface area contributed by atoms with E-state index in [0.29, 0.717) is 5.58 Å². The van der Waals surface area contributed by atoms with Crippen molar-refractivity contribution in [1.82, 2.24) is 0 Å². The lowest BCUT2D eigenvalue weighted by atomic mass is 10.0.